The fourth-order valence-electron chi connectivity index (χ4n) is 4.27. The number of nitrogens with zero attached hydrogens (tertiary/aromatic N) is 3. The molecule has 5 rings (SSSR count). The number of anilines is 1. The number of hydrogen-bond donors (Lipinski definition) is 0. The summed E-state index contributed by atoms with van der Waals surface area (Å²) in [4.78, 5) is 20.7. The lowest BCUT2D eigenvalue weighted by Gasteiger charge is -2.24. The molecule has 1 aliphatic heterocycles. The predicted molar refractivity (Wildman–Crippen MR) is 114 cm³/mol. The molecular weight excluding hydrogens is 418 g/mol. The van der Waals surface area contributed by atoms with Gasteiger partial charge in [0.05, 0.1) is 24.6 Å². The fourth-order valence-corrected chi connectivity index (χ4v) is 4.93. The molecule has 1 aromatic heterocycles. The minimum absolute atomic E-state index is 0.0146. The molecule has 2 aliphatic rings. The number of fused-ring (bicyclic) bond motifs is 2. The van der Waals surface area contributed by atoms with Crippen LogP contribution in [0.3, 0.4) is 0 Å². The first kappa shape index (κ1) is 17.7. The van der Waals surface area contributed by atoms with Gasteiger partial charge in [-0.1, -0.05) is 12.1 Å². The molecule has 0 radical (unpaired) electrons. The van der Waals surface area contributed by atoms with E-state index < -0.39 is 0 Å². The van der Waals surface area contributed by atoms with Crippen molar-refractivity contribution >= 4 is 32.8 Å². The molecule has 3 aromatic rings. The summed E-state index contributed by atoms with van der Waals surface area (Å²) >= 11 is 3.61. The van der Waals surface area contributed by atoms with Crippen LogP contribution in [0.2, 0.25) is 0 Å². The van der Waals surface area contributed by atoms with Crippen molar-refractivity contribution in [1.29, 1.82) is 0 Å². The van der Waals surface area contributed by atoms with Crippen molar-refractivity contribution in [3.05, 3.63) is 62.4 Å². The van der Waals surface area contributed by atoms with Crippen LogP contribution in [0.5, 0.6) is 5.75 Å². The summed E-state index contributed by atoms with van der Waals surface area (Å²) in [6, 6.07) is 11.8. The summed E-state index contributed by atoms with van der Waals surface area (Å²) in [6.45, 7) is 4.49. The lowest BCUT2D eigenvalue weighted by Crippen LogP contribution is -2.33. The van der Waals surface area contributed by atoms with Gasteiger partial charge in [-0.2, -0.15) is 0 Å². The van der Waals surface area contributed by atoms with E-state index in [0.29, 0.717) is 11.9 Å². The second-order valence-corrected chi connectivity index (χ2v) is 8.81. The molecule has 2 fully saturated rings. The number of benzene rings is 2. The Hall–Kier alpha value is -2.34. The van der Waals surface area contributed by atoms with Gasteiger partial charge in [0, 0.05) is 17.6 Å². The lowest BCUT2D eigenvalue weighted by molar-refractivity contribution is 0.414. The Morgan fingerprint density at radius 2 is 1.89 bits per heavy atom. The van der Waals surface area contributed by atoms with Gasteiger partial charge in [-0.05, 0) is 76.5 Å². The minimum atomic E-state index is 0.0146. The summed E-state index contributed by atoms with van der Waals surface area (Å²) in [5.41, 5.74) is 2.86. The number of ether oxygens (including phenoxy) is 1. The molecule has 2 aromatic carbocycles. The van der Waals surface area contributed by atoms with Gasteiger partial charge >= 0.3 is 0 Å². The highest BCUT2D eigenvalue weighted by atomic mass is 79.9. The van der Waals surface area contributed by atoms with Gasteiger partial charge in [0.15, 0.2) is 0 Å². The average molecular weight is 440 g/mol. The predicted octanol–water partition coefficient (Wildman–Crippen LogP) is 3.98. The number of rotatable bonds is 4. The molecule has 5 nitrogen and oxygen atoms in total. The van der Waals surface area contributed by atoms with Crippen LogP contribution >= 0.6 is 15.9 Å². The molecule has 2 heterocycles. The molecule has 2 unspecified atom stereocenters. The largest absolute Gasteiger partial charge is 0.497 e. The zero-order valence-corrected chi connectivity index (χ0v) is 17.6. The first-order chi connectivity index (χ1) is 13.5. The van der Waals surface area contributed by atoms with Crippen molar-refractivity contribution in [3.8, 4) is 5.75 Å². The normalized spacial score (nSPS) is 20.5. The van der Waals surface area contributed by atoms with Crippen LogP contribution in [0.25, 0.3) is 10.9 Å². The Kier molecular flexibility index (Phi) is 4.19. The first-order valence-electron chi connectivity index (χ1n) is 9.62. The molecule has 1 saturated heterocycles. The summed E-state index contributed by atoms with van der Waals surface area (Å²) in [7, 11) is 1.66. The van der Waals surface area contributed by atoms with E-state index in [2.05, 4.69) is 20.8 Å². The van der Waals surface area contributed by atoms with Crippen molar-refractivity contribution in [2.45, 2.75) is 19.9 Å². The molecule has 144 valence electrons. The molecule has 0 spiro atoms. The van der Waals surface area contributed by atoms with Gasteiger partial charge in [0.1, 0.15) is 5.75 Å². The summed E-state index contributed by atoms with van der Waals surface area (Å²) in [5, 5.41) is 0.661. The quantitative estimate of drug-likeness (QED) is 0.616. The number of piperidine rings is 1. The van der Waals surface area contributed by atoms with E-state index in [-0.39, 0.29) is 5.56 Å². The van der Waals surface area contributed by atoms with Gasteiger partial charge in [0.2, 0.25) is 5.95 Å². The SMILES string of the molecule is COc1ccc(Cn2c(N3CC4CC4C3)nc3c(Br)cc(C)cc3c2=O)cc1. The van der Waals surface area contributed by atoms with Crippen molar-refractivity contribution in [2.75, 3.05) is 25.1 Å². The average Bonchev–Trinajstić information content (AvgIpc) is 3.30. The Bertz CT molecular complexity index is 1110. The molecule has 0 N–H and O–H groups in total. The van der Waals surface area contributed by atoms with Gasteiger partial charge in [-0.15, -0.1) is 0 Å². The zero-order chi connectivity index (χ0) is 19.4. The zero-order valence-electron chi connectivity index (χ0n) is 16.0. The van der Waals surface area contributed by atoms with E-state index in [1.807, 2.05) is 47.9 Å². The molecule has 2 atom stereocenters. The van der Waals surface area contributed by atoms with E-state index >= 15 is 0 Å². The molecule has 0 amide bonds. The maximum absolute atomic E-state index is 13.5. The van der Waals surface area contributed by atoms with Crippen molar-refractivity contribution in [1.82, 2.24) is 9.55 Å². The van der Waals surface area contributed by atoms with Crippen molar-refractivity contribution < 1.29 is 4.74 Å². The first-order valence-corrected chi connectivity index (χ1v) is 10.4. The highest BCUT2D eigenvalue weighted by Crippen LogP contribution is 2.46. The second kappa shape index (κ2) is 6.62. The minimum Gasteiger partial charge on any atom is -0.497 e. The van der Waals surface area contributed by atoms with Crippen LogP contribution in [0, 0.1) is 18.8 Å². The van der Waals surface area contributed by atoms with Crippen LogP contribution in [0.1, 0.15) is 17.5 Å². The Morgan fingerprint density at radius 3 is 2.57 bits per heavy atom. The smallest absolute Gasteiger partial charge is 0.263 e. The molecule has 6 heteroatoms. The van der Waals surface area contributed by atoms with Crippen LogP contribution in [0.15, 0.2) is 45.7 Å². The van der Waals surface area contributed by atoms with Crippen LogP contribution in [-0.2, 0) is 6.54 Å². The molecule has 28 heavy (non-hydrogen) atoms. The van der Waals surface area contributed by atoms with Gasteiger partial charge in [-0.25, -0.2) is 4.98 Å². The van der Waals surface area contributed by atoms with E-state index in [1.54, 1.807) is 7.11 Å². The maximum atomic E-state index is 13.5. The van der Waals surface area contributed by atoms with Gasteiger partial charge < -0.3 is 9.64 Å². The van der Waals surface area contributed by atoms with Crippen molar-refractivity contribution in [2.24, 2.45) is 11.8 Å². The summed E-state index contributed by atoms with van der Waals surface area (Å²) in [6.07, 6.45) is 1.32. The van der Waals surface area contributed by atoms with Gasteiger partial charge in [0.25, 0.3) is 5.56 Å². The molecule has 1 aliphatic carbocycles. The number of hydrogen-bond acceptors (Lipinski definition) is 4. The third-order valence-electron chi connectivity index (χ3n) is 5.90. The maximum Gasteiger partial charge on any atom is 0.263 e. The Labute approximate surface area is 172 Å². The van der Waals surface area contributed by atoms with E-state index in [4.69, 9.17) is 9.72 Å². The molecular formula is C22H22BrN3O2. The third kappa shape index (κ3) is 3.00. The highest BCUT2D eigenvalue weighted by Gasteiger charge is 2.46. The van der Waals surface area contributed by atoms with Gasteiger partial charge in [-0.3, -0.25) is 9.36 Å². The lowest BCUT2D eigenvalue weighted by atomic mass is 10.1. The topological polar surface area (TPSA) is 47.4 Å². The van der Waals surface area contributed by atoms with Crippen LogP contribution in [0.4, 0.5) is 5.95 Å². The number of aryl methyl sites for hydroxylation is 1. The molecule has 0 bridgehead atoms. The van der Waals surface area contributed by atoms with E-state index in [9.17, 15) is 4.79 Å². The summed E-state index contributed by atoms with van der Waals surface area (Å²) < 4.78 is 7.97. The number of halogens is 1. The summed E-state index contributed by atoms with van der Waals surface area (Å²) in [5.74, 6) is 3.13. The standard InChI is InChI=1S/C22H22BrN3O2/c1-13-7-18-20(19(23)8-13)24-22(25-11-15-9-16(15)12-25)26(21(18)27)10-14-3-5-17(28-2)6-4-14/h3-8,15-16H,9-12H2,1-2H3. The number of aromatic nitrogens is 2. The van der Waals surface area contributed by atoms with Crippen LogP contribution < -0.4 is 15.2 Å². The Morgan fingerprint density at radius 1 is 1.18 bits per heavy atom. The third-order valence-corrected chi connectivity index (χ3v) is 6.50. The monoisotopic (exact) mass is 439 g/mol. The highest BCUT2D eigenvalue weighted by molar-refractivity contribution is 9.10. The van der Waals surface area contributed by atoms with E-state index in [0.717, 1.165) is 57.7 Å². The Balaban J connectivity index is 1.65. The number of methoxy groups -OCH3 is 1. The molecule has 1 saturated carbocycles. The fraction of sp³-hybridized carbons (Fsp3) is 0.364. The second-order valence-electron chi connectivity index (χ2n) is 7.95. The van der Waals surface area contributed by atoms with E-state index in [1.165, 1.54) is 6.42 Å². The van der Waals surface area contributed by atoms with Crippen molar-refractivity contribution in [3.63, 3.8) is 0 Å². The van der Waals surface area contributed by atoms with Crippen LogP contribution in [-0.4, -0.2) is 29.8 Å².